The standard InChI is InChI=1S/C18H23N5O/c1-2-12-8-10-14(11-9-12)21-18(24)15-16(19)22-23-17(15)20-13-6-4-3-5-7-13/h3-11,15-17,20,22-23H,2,19H2,1H3,(H,21,24). The monoisotopic (exact) mass is 325 g/mol. The minimum Gasteiger partial charge on any atom is -0.368 e. The fraction of sp³-hybridized carbons (Fsp3) is 0.278. The summed E-state index contributed by atoms with van der Waals surface area (Å²) in [6.07, 6.45) is 0.206. The Labute approximate surface area is 141 Å². The summed E-state index contributed by atoms with van der Waals surface area (Å²) in [5.74, 6) is -0.575. The van der Waals surface area contributed by atoms with Crippen LogP contribution in [0.3, 0.4) is 0 Å². The van der Waals surface area contributed by atoms with Crippen LogP contribution in [0.15, 0.2) is 54.6 Å². The molecule has 1 amide bonds. The maximum Gasteiger partial charge on any atom is 0.233 e. The molecule has 1 fully saturated rings. The molecule has 1 heterocycles. The molecule has 1 aliphatic heterocycles. The number of para-hydroxylation sites is 1. The molecular weight excluding hydrogens is 302 g/mol. The first-order chi connectivity index (χ1) is 11.7. The molecule has 6 N–H and O–H groups in total. The normalized spacial score (nSPS) is 23.0. The number of benzene rings is 2. The number of amides is 1. The Balaban J connectivity index is 1.68. The lowest BCUT2D eigenvalue weighted by Gasteiger charge is -2.22. The van der Waals surface area contributed by atoms with Gasteiger partial charge in [-0.15, -0.1) is 0 Å². The molecule has 2 aromatic carbocycles. The smallest absolute Gasteiger partial charge is 0.233 e. The average molecular weight is 325 g/mol. The summed E-state index contributed by atoms with van der Waals surface area (Å²) in [6.45, 7) is 2.10. The number of hydrazine groups is 1. The summed E-state index contributed by atoms with van der Waals surface area (Å²) in [5.41, 5.74) is 15.0. The molecule has 2 aromatic rings. The van der Waals surface area contributed by atoms with E-state index in [0.29, 0.717) is 0 Å². The lowest BCUT2D eigenvalue weighted by Crippen LogP contribution is -2.45. The van der Waals surface area contributed by atoms with Crippen LogP contribution in [0.1, 0.15) is 12.5 Å². The van der Waals surface area contributed by atoms with Crippen LogP contribution in [0.2, 0.25) is 0 Å². The number of aryl methyl sites for hydroxylation is 1. The van der Waals surface area contributed by atoms with Gasteiger partial charge in [-0.3, -0.25) is 4.79 Å². The Morgan fingerprint density at radius 1 is 1.04 bits per heavy atom. The highest BCUT2D eigenvalue weighted by Crippen LogP contribution is 2.19. The van der Waals surface area contributed by atoms with E-state index >= 15 is 0 Å². The molecule has 1 saturated heterocycles. The third-order valence-corrected chi connectivity index (χ3v) is 4.18. The summed E-state index contributed by atoms with van der Waals surface area (Å²) in [7, 11) is 0. The quantitative estimate of drug-likeness (QED) is 0.576. The molecule has 6 nitrogen and oxygen atoms in total. The van der Waals surface area contributed by atoms with Crippen LogP contribution in [0.5, 0.6) is 0 Å². The number of carbonyl (C=O) groups excluding carboxylic acids is 1. The lowest BCUT2D eigenvalue weighted by molar-refractivity contribution is -0.120. The van der Waals surface area contributed by atoms with Crippen LogP contribution in [0, 0.1) is 5.92 Å². The van der Waals surface area contributed by atoms with Crippen molar-refractivity contribution in [3.05, 3.63) is 60.2 Å². The van der Waals surface area contributed by atoms with E-state index in [4.69, 9.17) is 5.73 Å². The molecule has 6 heteroatoms. The third-order valence-electron chi connectivity index (χ3n) is 4.18. The molecule has 0 spiro atoms. The van der Waals surface area contributed by atoms with E-state index in [2.05, 4.69) is 28.4 Å². The van der Waals surface area contributed by atoms with Crippen molar-refractivity contribution < 1.29 is 4.79 Å². The van der Waals surface area contributed by atoms with Gasteiger partial charge >= 0.3 is 0 Å². The first-order valence-electron chi connectivity index (χ1n) is 8.15. The number of carbonyl (C=O) groups is 1. The van der Waals surface area contributed by atoms with Gasteiger partial charge in [-0.2, -0.15) is 0 Å². The van der Waals surface area contributed by atoms with Crippen LogP contribution in [-0.4, -0.2) is 18.2 Å². The van der Waals surface area contributed by atoms with E-state index in [1.807, 2.05) is 54.6 Å². The summed E-state index contributed by atoms with van der Waals surface area (Å²) in [6, 6.07) is 17.6. The molecule has 126 valence electrons. The summed E-state index contributed by atoms with van der Waals surface area (Å²) in [4.78, 5) is 12.7. The topological polar surface area (TPSA) is 91.2 Å². The van der Waals surface area contributed by atoms with E-state index in [0.717, 1.165) is 17.8 Å². The van der Waals surface area contributed by atoms with Crippen LogP contribution in [0.25, 0.3) is 0 Å². The second kappa shape index (κ2) is 7.44. The van der Waals surface area contributed by atoms with E-state index in [1.165, 1.54) is 5.56 Å². The number of anilines is 2. The molecule has 1 aliphatic rings. The zero-order valence-electron chi connectivity index (χ0n) is 13.6. The van der Waals surface area contributed by atoms with Crippen molar-refractivity contribution >= 4 is 17.3 Å². The molecule has 0 aromatic heterocycles. The highest BCUT2D eigenvalue weighted by Gasteiger charge is 2.39. The van der Waals surface area contributed by atoms with Gasteiger partial charge in [-0.25, -0.2) is 10.9 Å². The summed E-state index contributed by atoms with van der Waals surface area (Å²) >= 11 is 0. The van der Waals surface area contributed by atoms with Gasteiger partial charge in [0.05, 0.1) is 6.17 Å². The predicted octanol–water partition coefficient (Wildman–Crippen LogP) is 1.63. The van der Waals surface area contributed by atoms with E-state index in [-0.39, 0.29) is 12.1 Å². The highest BCUT2D eigenvalue weighted by atomic mass is 16.2. The summed E-state index contributed by atoms with van der Waals surface area (Å²) in [5, 5.41) is 6.23. The largest absolute Gasteiger partial charge is 0.368 e. The van der Waals surface area contributed by atoms with E-state index < -0.39 is 12.1 Å². The van der Waals surface area contributed by atoms with Gasteiger partial charge in [0.2, 0.25) is 5.91 Å². The van der Waals surface area contributed by atoms with Crippen LogP contribution in [0.4, 0.5) is 11.4 Å². The minimum atomic E-state index is -0.471. The molecule has 0 bridgehead atoms. The molecule has 0 aliphatic carbocycles. The fourth-order valence-electron chi connectivity index (χ4n) is 2.78. The zero-order chi connectivity index (χ0) is 16.9. The van der Waals surface area contributed by atoms with Crippen molar-refractivity contribution in [1.82, 2.24) is 10.9 Å². The van der Waals surface area contributed by atoms with E-state index in [9.17, 15) is 4.79 Å². The Morgan fingerprint density at radius 3 is 2.42 bits per heavy atom. The molecule has 24 heavy (non-hydrogen) atoms. The number of nitrogens with one attached hydrogen (secondary N) is 4. The number of rotatable bonds is 5. The number of hydrogen-bond acceptors (Lipinski definition) is 5. The summed E-state index contributed by atoms with van der Waals surface area (Å²) < 4.78 is 0. The molecule has 3 atom stereocenters. The Morgan fingerprint density at radius 2 is 1.75 bits per heavy atom. The van der Waals surface area contributed by atoms with Crippen LogP contribution in [-0.2, 0) is 11.2 Å². The highest BCUT2D eigenvalue weighted by molar-refractivity contribution is 5.94. The Bertz CT molecular complexity index is 674. The molecule has 3 rings (SSSR count). The van der Waals surface area contributed by atoms with Gasteiger partial charge in [-0.05, 0) is 36.2 Å². The fourth-order valence-corrected chi connectivity index (χ4v) is 2.78. The molecule has 0 saturated carbocycles. The van der Waals surface area contributed by atoms with Crippen molar-refractivity contribution in [1.29, 1.82) is 0 Å². The second-order valence-electron chi connectivity index (χ2n) is 5.87. The van der Waals surface area contributed by atoms with Gasteiger partial charge in [0, 0.05) is 11.4 Å². The second-order valence-corrected chi connectivity index (χ2v) is 5.87. The first-order valence-corrected chi connectivity index (χ1v) is 8.15. The van der Waals surface area contributed by atoms with Crippen LogP contribution < -0.4 is 27.2 Å². The zero-order valence-corrected chi connectivity index (χ0v) is 13.6. The van der Waals surface area contributed by atoms with Crippen molar-refractivity contribution in [2.24, 2.45) is 11.7 Å². The van der Waals surface area contributed by atoms with Crippen molar-refractivity contribution in [2.75, 3.05) is 10.6 Å². The molecule has 3 unspecified atom stereocenters. The van der Waals surface area contributed by atoms with Crippen molar-refractivity contribution in [3.63, 3.8) is 0 Å². The van der Waals surface area contributed by atoms with Gasteiger partial charge in [0.25, 0.3) is 0 Å². The average Bonchev–Trinajstić information content (AvgIpc) is 2.97. The third kappa shape index (κ3) is 3.73. The van der Waals surface area contributed by atoms with E-state index in [1.54, 1.807) is 0 Å². The Hall–Kier alpha value is -2.41. The SMILES string of the molecule is CCc1ccc(NC(=O)C2C(N)NNC2Nc2ccccc2)cc1. The maximum absolute atomic E-state index is 12.7. The lowest BCUT2D eigenvalue weighted by atomic mass is 10.0. The maximum atomic E-state index is 12.7. The van der Waals surface area contributed by atoms with Crippen LogP contribution >= 0.6 is 0 Å². The first kappa shape index (κ1) is 16.4. The Kier molecular flexibility index (Phi) is 5.10. The predicted molar refractivity (Wildman–Crippen MR) is 96.0 cm³/mol. The molecular formula is C18H23N5O. The number of hydrogen-bond donors (Lipinski definition) is 5. The minimum absolute atomic E-state index is 0.127. The molecule has 0 radical (unpaired) electrons. The van der Waals surface area contributed by atoms with Gasteiger partial charge < -0.3 is 16.4 Å². The van der Waals surface area contributed by atoms with Gasteiger partial charge in [0.1, 0.15) is 12.1 Å². The number of nitrogens with two attached hydrogens (primary N) is 1. The van der Waals surface area contributed by atoms with Gasteiger partial charge in [-0.1, -0.05) is 37.3 Å². The van der Waals surface area contributed by atoms with Gasteiger partial charge in [0.15, 0.2) is 0 Å². The van der Waals surface area contributed by atoms with Crippen molar-refractivity contribution in [3.8, 4) is 0 Å². The van der Waals surface area contributed by atoms with Crippen molar-refractivity contribution in [2.45, 2.75) is 25.7 Å².